The summed E-state index contributed by atoms with van der Waals surface area (Å²) < 4.78 is 5.81. The molecule has 6 heteroatoms. The first kappa shape index (κ1) is 27.3. The minimum Gasteiger partial charge on any atom is -0.494 e. The zero-order valence-corrected chi connectivity index (χ0v) is 21.8. The molecule has 5 nitrogen and oxygen atoms in total. The zero-order chi connectivity index (χ0) is 25.8. The van der Waals surface area contributed by atoms with Gasteiger partial charge in [-0.15, -0.1) is 0 Å². The van der Waals surface area contributed by atoms with E-state index < -0.39 is 6.04 Å². The Morgan fingerprint density at radius 2 is 1.69 bits per heavy atom. The van der Waals surface area contributed by atoms with E-state index in [1.54, 1.807) is 11.0 Å². The number of hydrogen-bond acceptors (Lipinski definition) is 3. The average Bonchev–Trinajstić information content (AvgIpc) is 2.88. The summed E-state index contributed by atoms with van der Waals surface area (Å²) in [6.45, 7) is 5.32. The molecule has 1 N–H and O–H groups in total. The first-order valence-corrected chi connectivity index (χ1v) is 12.9. The summed E-state index contributed by atoms with van der Waals surface area (Å²) in [5, 5.41) is 3.59. The highest BCUT2D eigenvalue weighted by Crippen LogP contribution is 2.19. The maximum absolute atomic E-state index is 13.6. The van der Waals surface area contributed by atoms with Crippen LogP contribution in [-0.2, 0) is 22.6 Å². The van der Waals surface area contributed by atoms with E-state index in [0.29, 0.717) is 37.6 Å². The predicted molar refractivity (Wildman–Crippen MR) is 145 cm³/mol. The van der Waals surface area contributed by atoms with Crippen molar-refractivity contribution in [3.63, 3.8) is 0 Å². The number of benzene rings is 3. The maximum Gasteiger partial charge on any atom is 0.243 e. The Morgan fingerprint density at radius 1 is 0.972 bits per heavy atom. The highest BCUT2D eigenvalue weighted by molar-refractivity contribution is 6.30. The van der Waals surface area contributed by atoms with E-state index in [0.717, 1.165) is 23.3 Å². The molecule has 0 fully saturated rings. The molecule has 0 heterocycles. The van der Waals surface area contributed by atoms with Crippen LogP contribution in [-0.4, -0.2) is 35.9 Å². The fraction of sp³-hybridized carbons (Fsp3) is 0.333. The van der Waals surface area contributed by atoms with Gasteiger partial charge in [0.05, 0.1) is 6.61 Å². The smallest absolute Gasteiger partial charge is 0.243 e. The molecule has 0 saturated heterocycles. The van der Waals surface area contributed by atoms with Gasteiger partial charge in [0.1, 0.15) is 11.8 Å². The second-order valence-electron chi connectivity index (χ2n) is 8.91. The summed E-state index contributed by atoms with van der Waals surface area (Å²) in [4.78, 5) is 28.5. The van der Waals surface area contributed by atoms with Gasteiger partial charge in [-0.25, -0.2) is 0 Å². The van der Waals surface area contributed by atoms with Crippen LogP contribution in [0.2, 0.25) is 5.02 Å². The fourth-order valence-corrected chi connectivity index (χ4v) is 4.16. The first-order chi connectivity index (χ1) is 17.5. The van der Waals surface area contributed by atoms with E-state index in [1.165, 1.54) is 5.56 Å². The van der Waals surface area contributed by atoms with Crippen LogP contribution in [0.25, 0.3) is 0 Å². The summed E-state index contributed by atoms with van der Waals surface area (Å²) in [6.07, 6.45) is 2.08. The Kier molecular flexibility index (Phi) is 10.8. The van der Waals surface area contributed by atoms with E-state index in [4.69, 9.17) is 16.3 Å². The second-order valence-corrected chi connectivity index (χ2v) is 9.35. The Morgan fingerprint density at radius 3 is 2.39 bits per heavy atom. The normalized spacial score (nSPS) is 11.5. The topological polar surface area (TPSA) is 58.6 Å². The van der Waals surface area contributed by atoms with E-state index >= 15 is 0 Å². The first-order valence-electron chi connectivity index (χ1n) is 12.5. The largest absolute Gasteiger partial charge is 0.494 e. The molecule has 0 aliphatic heterocycles. The van der Waals surface area contributed by atoms with E-state index in [1.807, 2.05) is 86.6 Å². The van der Waals surface area contributed by atoms with Gasteiger partial charge in [-0.1, -0.05) is 78.7 Å². The molecular weight excluding hydrogens is 472 g/mol. The third kappa shape index (κ3) is 8.72. The van der Waals surface area contributed by atoms with Crippen molar-refractivity contribution in [2.24, 2.45) is 0 Å². The maximum atomic E-state index is 13.6. The number of carbonyl (C=O) groups excluding carboxylic acids is 2. The Labute approximate surface area is 219 Å². The van der Waals surface area contributed by atoms with Crippen molar-refractivity contribution in [1.29, 1.82) is 0 Å². The molecule has 1 atom stereocenters. The molecular formula is C30H35ClN2O3. The van der Waals surface area contributed by atoms with Crippen LogP contribution < -0.4 is 10.1 Å². The van der Waals surface area contributed by atoms with Gasteiger partial charge >= 0.3 is 0 Å². The minimum atomic E-state index is -0.636. The number of nitrogens with one attached hydrogen (secondary N) is 1. The quantitative estimate of drug-likeness (QED) is 0.290. The Bertz CT molecular complexity index is 1100. The average molecular weight is 507 g/mol. The van der Waals surface area contributed by atoms with Crippen molar-refractivity contribution >= 4 is 23.4 Å². The summed E-state index contributed by atoms with van der Waals surface area (Å²) >= 11 is 6.22. The SMILES string of the molecule is CCCNC(=O)[C@@H](Cc1ccccc1)N(Cc1cccc(Cl)c1)C(=O)CCCOc1ccc(C)cc1. The van der Waals surface area contributed by atoms with Crippen molar-refractivity contribution in [3.05, 3.63) is 101 Å². The third-order valence-corrected chi connectivity index (χ3v) is 6.12. The highest BCUT2D eigenvalue weighted by atomic mass is 35.5. The number of aryl methyl sites for hydroxylation is 1. The van der Waals surface area contributed by atoms with Crippen molar-refractivity contribution < 1.29 is 14.3 Å². The van der Waals surface area contributed by atoms with E-state index in [2.05, 4.69) is 5.32 Å². The molecule has 3 aromatic carbocycles. The molecule has 36 heavy (non-hydrogen) atoms. The number of nitrogens with zero attached hydrogens (tertiary/aromatic N) is 1. The van der Waals surface area contributed by atoms with Gasteiger partial charge in [-0.05, 0) is 55.2 Å². The van der Waals surface area contributed by atoms with Crippen molar-refractivity contribution in [2.75, 3.05) is 13.2 Å². The van der Waals surface area contributed by atoms with Gasteiger partial charge in [0.25, 0.3) is 0 Å². The van der Waals surface area contributed by atoms with Crippen molar-refractivity contribution in [2.45, 2.75) is 52.1 Å². The van der Waals surface area contributed by atoms with Gasteiger partial charge in [-0.3, -0.25) is 9.59 Å². The summed E-state index contributed by atoms with van der Waals surface area (Å²) in [7, 11) is 0. The lowest BCUT2D eigenvalue weighted by Crippen LogP contribution is -2.50. The number of carbonyl (C=O) groups is 2. The number of hydrogen-bond donors (Lipinski definition) is 1. The molecule has 0 aliphatic carbocycles. The lowest BCUT2D eigenvalue weighted by Gasteiger charge is -2.31. The van der Waals surface area contributed by atoms with Gasteiger partial charge in [-0.2, -0.15) is 0 Å². The van der Waals surface area contributed by atoms with E-state index in [-0.39, 0.29) is 18.2 Å². The van der Waals surface area contributed by atoms with Crippen LogP contribution in [0, 0.1) is 6.92 Å². The Balaban J connectivity index is 1.77. The standard InChI is InChI=1S/C30H35ClN2O3/c1-3-18-32-30(35)28(21-24-9-5-4-6-10-24)33(22-25-11-7-12-26(31)20-25)29(34)13-8-19-36-27-16-14-23(2)15-17-27/h4-7,9-12,14-17,20,28H,3,8,13,18-19,21-22H2,1-2H3,(H,32,35)/t28-/m1/s1. The highest BCUT2D eigenvalue weighted by Gasteiger charge is 2.30. The lowest BCUT2D eigenvalue weighted by atomic mass is 10.0. The lowest BCUT2D eigenvalue weighted by molar-refractivity contribution is -0.141. The Hall–Kier alpha value is -3.31. The van der Waals surface area contributed by atoms with Crippen LogP contribution in [0.3, 0.4) is 0 Å². The van der Waals surface area contributed by atoms with Crippen LogP contribution in [0.1, 0.15) is 42.9 Å². The molecule has 2 amide bonds. The molecule has 0 radical (unpaired) electrons. The van der Waals surface area contributed by atoms with E-state index in [9.17, 15) is 9.59 Å². The number of ether oxygens (including phenoxy) is 1. The molecule has 0 unspecified atom stereocenters. The second kappa shape index (κ2) is 14.3. The predicted octanol–water partition coefficient (Wildman–Crippen LogP) is 5.97. The summed E-state index contributed by atoms with van der Waals surface area (Å²) in [6, 6.07) is 24.4. The number of halogens is 1. The zero-order valence-electron chi connectivity index (χ0n) is 21.1. The van der Waals surface area contributed by atoms with Crippen LogP contribution in [0.15, 0.2) is 78.9 Å². The summed E-state index contributed by atoms with van der Waals surface area (Å²) in [5.74, 6) is 0.548. The van der Waals surface area contributed by atoms with Gasteiger partial charge in [0, 0.05) is 31.0 Å². The van der Waals surface area contributed by atoms with Crippen LogP contribution in [0.5, 0.6) is 5.75 Å². The van der Waals surface area contributed by atoms with Crippen LogP contribution >= 0.6 is 11.6 Å². The van der Waals surface area contributed by atoms with Crippen LogP contribution in [0.4, 0.5) is 0 Å². The summed E-state index contributed by atoms with van der Waals surface area (Å²) in [5.41, 5.74) is 3.05. The molecule has 0 saturated carbocycles. The molecule has 0 spiro atoms. The molecule has 190 valence electrons. The fourth-order valence-electron chi connectivity index (χ4n) is 3.94. The number of rotatable bonds is 13. The molecule has 3 aromatic rings. The van der Waals surface area contributed by atoms with Gasteiger partial charge in [0.15, 0.2) is 0 Å². The molecule has 3 rings (SSSR count). The van der Waals surface area contributed by atoms with Crippen molar-refractivity contribution in [3.8, 4) is 5.75 Å². The molecule has 0 aromatic heterocycles. The molecule has 0 aliphatic rings. The van der Waals surface area contributed by atoms with Crippen molar-refractivity contribution in [1.82, 2.24) is 10.2 Å². The monoisotopic (exact) mass is 506 g/mol. The number of amides is 2. The third-order valence-electron chi connectivity index (χ3n) is 5.89. The van der Waals surface area contributed by atoms with Gasteiger partial charge in [0.2, 0.25) is 11.8 Å². The molecule has 0 bridgehead atoms. The van der Waals surface area contributed by atoms with Gasteiger partial charge < -0.3 is 15.0 Å². The minimum absolute atomic E-state index is 0.0879.